The number of nitrogens with zero attached hydrogens (tertiary/aromatic N) is 5. The highest BCUT2D eigenvalue weighted by Crippen LogP contribution is 2.28. The van der Waals surface area contributed by atoms with Gasteiger partial charge in [-0.05, 0) is 83.4 Å². The molecule has 0 radical (unpaired) electrons. The van der Waals surface area contributed by atoms with Gasteiger partial charge >= 0.3 is 0 Å². The van der Waals surface area contributed by atoms with Crippen molar-refractivity contribution in [3.63, 3.8) is 0 Å². The van der Waals surface area contributed by atoms with Crippen molar-refractivity contribution in [2.24, 2.45) is 0 Å². The SMILES string of the molecule is COc1ccc(S(=O)(=O)N(Cc2ccc(F)cc2)Cc2cc3ccc(C)c(C)c3n3nnnc23)cc1. The molecule has 0 saturated carbocycles. The van der Waals surface area contributed by atoms with Gasteiger partial charge in [-0.3, -0.25) is 0 Å². The number of pyridine rings is 1. The van der Waals surface area contributed by atoms with Crippen LogP contribution in [-0.2, 0) is 23.1 Å². The number of aromatic nitrogens is 4. The number of fused-ring (bicyclic) bond motifs is 3. The van der Waals surface area contributed by atoms with Crippen LogP contribution >= 0.6 is 0 Å². The summed E-state index contributed by atoms with van der Waals surface area (Å²) < 4.78 is 49.3. The van der Waals surface area contributed by atoms with E-state index in [2.05, 4.69) is 15.5 Å². The Labute approximate surface area is 208 Å². The van der Waals surface area contributed by atoms with Crippen LogP contribution in [0.1, 0.15) is 22.3 Å². The van der Waals surface area contributed by atoms with Crippen molar-refractivity contribution < 1.29 is 17.5 Å². The number of benzene rings is 3. The third-order valence-corrected chi connectivity index (χ3v) is 8.15. The Morgan fingerprint density at radius 3 is 2.39 bits per heavy atom. The van der Waals surface area contributed by atoms with Gasteiger partial charge < -0.3 is 4.74 Å². The van der Waals surface area contributed by atoms with Crippen LogP contribution < -0.4 is 4.74 Å². The Kier molecular flexibility index (Phi) is 6.15. The zero-order valence-corrected chi connectivity index (χ0v) is 20.8. The lowest BCUT2D eigenvalue weighted by Gasteiger charge is -2.23. The van der Waals surface area contributed by atoms with Gasteiger partial charge in [0.15, 0.2) is 5.65 Å². The molecule has 2 aromatic heterocycles. The van der Waals surface area contributed by atoms with Crippen LogP contribution in [0.25, 0.3) is 16.6 Å². The van der Waals surface area contributed by atoms with E-state index in [0.29, 0.717) is 22.5 Å². The third kappa shape index (κ3) is 4.29. The number of sulfonamides is 1. The molecule has 0 atom stereocenters. The maximum atomic E-state index is 13.8. The van der Waals surface area contributed by atoms with Gasteiger partial charge in [0.2, 0.25) is 10.0 Å². The van der Waals surface area contributed by atoms with Gasteiger partial charge in [0.1, 0.15) is 11.6 Å². The Morgan fingerprint density at radius 2 is 1.69 bits per heavy atom. The molecule has 0 aliphatic carbocycles. The van der Waals surface area contributed by atoms with Crippen molar-refractivity contribution in [1.82, 2.24) is 24.3 Å². The molecule has 0 saturated heterocycles. The van der Waals surface area contributed by atoms with Crippen molar-refractivity contribution in [1.29, 1.82) is 0 Å². The van der Waals surface area contributed by atoms with Crippen molar-refractivity contribution in [3.05, 3.63) is 94.8 Å². The lowest BCUT2D eigenvalue weighted by atomic mass is 10.0. The molecule has 184 valence electrons. The lowest BCUT2D eigenvalue weighted by molar-refractivity contribution is 0.400. The lowest BCUT2D eigenvalue weighted by Crippen LogP contribution is -2.30. The summed E-state index contributed by atoms with van der Waals surface area (Å²) in [6.07, 6.45) is 0. The molecule has 0 aliphatic rings. The molecule has 5 aromatic rings. The minimum absolute atomic E-state index is 0.0124. The van der Waals surface area contributed by atoms with E-state index >= 15 is 0 Å². The molecule has 8 nitrogen and oxygen atoms in total. The molecule has 0 fully saturated rings. The quantitative estimate of drug-likeness (QED) is 0.325. The highest BCUT2D eigenvalue weighted by molar-refractivity contribution is 7.89. The van der Waals surface area contributed by atoms with E-state index < -0.39 is 10.0 Å². The first-order chi connectivity index (χ1) is 17.3. The Balaban J connectivity index is 1.63. The van der Waals surface area contributed by atoms with Gasteiger partial charge in [-0.2, -0.15) is 8.82 Å². The summed E-state index contributed by atoms with van der Waals surface area (Å²) >= 11 is 0. The molecule has 0 unspecified atom stereocenters. The molecular weight excluding hydrogens is 481 g/mol. The minimum Gasteiger partial charge on any atom is -0.497 e. The average Bonchev–Trinajstić information content (AvgIpc) is 3.37. The molecule has 0 bridgehead atoms. The molecule has 10 heteroatoms. The van der Waals surface area contributed by atoms with Gasteiger partial charge in [-0.15, -0.1) is 5.10 Å². The summed E-state index contributed by atoms with van der Waals surface area (Å²) in [5.74, 6) is 0.162. The molecule has 36 heavy (non-hydrogen) atoms. The number of rotatable bonds is 7. The summed E-state index contributed by atoms with van der Waals surface area (Å²) in [7, 11) is -2.43. The fourth-order valence-corrected chi connectivity index (χ4v) is 5.64. The van der Waals surface area contributed by atoms with Crippen LogP contribution in [0.5, 0.6) is 5.75 Å². The van der Waals surface area contributed by atoms with Crippen molar-refractivity contribution >= 4 is 26.6 Å². The molecule has 0 amide bonds. The first kappa shape index (κ1) is 23.8. The van der Waals surface area contributed by atoms with Gasteiger partial charge in [0.05, 0.1) is 17.5 Å². The zero-order chi connectivity index (χ0) is 25.4. The highest BCUT2D eigenvalue weighted by Gasteiger charge is 2.27. The van der Waals surface area contributed by atoms with E-state index in [1.54, 1.807) is 28.8 Å². The van der Waals surface area contributed by atoms with Gasteiger partial charge in [-0.1, -0.05) is 24.3 Å². The standard InChI is InChI=1S/C26H24FN5O3S/c1-17-4-7-20-14-21(26-28-29-30-32(26)25(20)18(17)2)16-31(15-19-5-8-22(27)9-6-19)36(33,34)24-12-10-23(35-3)11-13-24/h4-14H,15-16H2,1-3H3. The molecule has 2 heterocycles. The first-order valence-electron chi connectivity index (χ1n) is 11.3. The smallest absolute Gasteiger partial charge is 0.243 e. The average molecular weight is 506 g/mol. The monoisotopic (exact) mass is 505 g/mol. The summed E-state index contributed by atoms with van der Waals surface area (Å²) in [4.78, 5) is 0.119. The second-order valence-corrected chi connectivity index (χ2v) is 10.5. The number of hydrogen-bond donors (Lipinski definition) is 0. The van der Waals surface area contributed by atoms with Crippen LogP contribution in [0.2, 0.25) is 0 Å². The Hall–Kier alpha value is -3.89. The van der Waals surface area contributed by atoms with Crippen LogP contribution in [0.4, 0.5) is 4.39 Å². The van der Waals surface area contributed by atoms with Crippen LogP contribution in [-0.4, -0.2) is 39.9 Å². The van der Waals surface area contributed by atoms with Crippen LogP contribution in [0.3, 0.4) is 0 Å². The van der Waals surface area contributed by atoms with Gasteiger partial charge in [0.25, 0.3) is 0 Å². The van der Waals surface area contributed by atoms with Crippen LogP contribution in [0, 0.1) is 19.7 Å². The first-order valence-corrected chi connectivity index (χ1v) is 12.7. The second-order valence-electron chi connectivity index (χ2n) is 8.60. The number of aryl methyl sites for hydroxylation is 2. The molecular formula is C26H24FN5O3S. The van der Waals surface area contributed by atoms with E-state index in [1.165, 1.54) is 35.7 Å². The van der Waals surface area contributed by atoms with E-state index in [1.807, 2.05) is 32.0 Å². The van der Waals surface area contributed by atoms with E-state index in [4.69, 9.17) is 4.74 Å². The Morgan fingerprint density at radius 1 is 0.972 bits per heavy atom. The van der Waals surface area contributed by atoms with Crippen molar-refractivity contribution in [2.45, 2.75) is 31.8 Å². The molecule has 0 N–H and O–H groups in total. The van der Waals surface area contributed by atoms with Crippen LogP contribution in [0.15, 0.2) is 71.6 Å². The summed E-state index contributed by atoms with van der Waals surface area (Å²) in [6, 6.07) is 17.9. The highest BCUT2D eigenvalue weighted by atomic mass is 32.2. The van der Waals surface area contributed by atoms with Crippen molar-refractivity contribution in [3.8, 4) is 5.75 Å². The zero-order valence-electron chi connectivity index (χ0n) is 20.0. The van der Waals surface area contributed by atoms with Crippen molar-refractivity contribution in [2.75, 3.05) is 7.11 Å². The molecule has 5 rings (SSSR count). The predicted octanol–water partition coefficient (Wildman–Crippen LogP) is 4.43. The largest absolute Gasteiger partial charge is 0.497 e. The molecule has 0 aliphatic heterocycles. The predicted molar refractivity (Wildman–Crippen MR) is 134 cm³/mol. The van der Waals surface area contributed by atoms with Gasteiger partial charge in [0, 0.05) is 24.0 Å². The number of methoxy groups -OCH3 is 1. The number of halogens is 1. The maximum Gasteiger partial charge on any atom is 0.243 e. The third-order valence-electron chi connectivity index (χ3n) is 6.35. The Bertz CT molecular complexity index is 1670. The van der Waals surface area contributed by atoms with Gasteiger partial charge in [-0.25, -0.2) is 12.8 Å². The summed E-state index contributed by atoms with van der Waals surface area (Å²) in [6.45, 7) is 4.07. The fraction of sp³-hybridized carbons (Fsp3) is 0.192. The van der Waals surface area contributed by atoms with E-state index in [-0.39, 0.29) is 23.8 Å². The minimum atomic E-state index is -3.95. The molecule has 0 spiro atoms. The van der Waals surface area contributed by atoms with E-state index in [9.17, 15) is 12.8 Å². The summed E-state index contributed by atoms with van der Waals surface area (Å²) in [5.41, 5.74) is 4.80. The molecule has 3 aromatic carbocycles. The van der Waals surface area contributed by atoms with E-state index in [0.717, 1.165) is 22.0 Å². The summed E-state index contributed by atoms with van der Waals surface area (Å²) in [5, 5.41) is 13.1. The maximum absolute atomic E-state index is 13.8. The number of hydrogen-bond acceptors (Lipinski definition) is 6. The fourth-order valence-electron chi connectivity index (χ4n) is 4.23. The second kappa shape index (κ2) is 9.29. The normalized spacial score (nSPS) is 12.0. The number of tetrazole rings is 1. The number of ether oxygens (including phenoxy) is 1. The topological polar surface area (TPSA) is 89.7 Å².